The molecule has 1 amide bonds. The fourth-order valence-electron chi connectivity index (χ4n) is 2.65. The van der Waals surface area contributed by atoms with Gasteiger partial charge in [0.1, 0.15) is 0 Å². The fourth-order valence-corrected chi connectivity index (χ4v) is 2.65. The fraction of sp³-hybridized carbons (Fsp3) is 0.938. The van der Waals surface area contributed by atoms with Crippen molar-refractivity contribution in [1.82, 2.24) is 10.2 Å². The number of amides is 1. The molecule has 0 spiro atoms. The van der Waals surface area contributed by atoms with Gasteiger partial charge >= 0.3 is 0 Å². The van der Waals surface area contributed by atoms with Crippen LogP contribution in [-0.4, -0.2) is 43.0 Å². The van der Waals surface area contributed by atoms with Crippen LogP contribution in [0.15, 0.2) is 0 Å². The number of carbonyl (C=O) groups excluding carboxylic acids is 1. The summed E-state index contributed by atoms with van der Waals surface area (Å²) in [5, 5.41) is 3.17. The molecule has 1 aliphatic carbocycles. The van der Waals surface area contributed by atoms with E-state index in [1.165, 1.54) is 19.3 Å². The van der Waals surface area contributed by atoms with E-state index in [0.717, 1.165) is 32.4 Å². The maximum Gasteiger partial charge on any atom is 0.221 e. The van der Waals surface area contributed by atoms with E-state index in [2.05, 4.69) is 31.1 Å². The summed E-state index contributed by atoms with van der Waals surface area (Å²) in [5.41, 5.74) is 6.04. The molecular formula is C16H33N3O. The summed E-state index contributed by atoms with van der Waals surface area (Å²) < 4.78 is 0. The van der Waals surface area contributed by atoms with E-state index in [4.69, 9.17) is 5.73 Å². The number of rotatable bonds is 8. The van der Waals surface area contributed by atoms with Crippen LogP contribution in [0, 0.1) is 5.92 Å². The molecule has 1 unspecified atom stereocenters. The highest BCUT2D eigenvalue weighted by atomic mass is 16.1. The first kappa shape index (κ1) is 17.4. The first-order valence-corrected chi connectivity index (χ1v) is 8.22. The van der Waals surface area contributed by atoms with Crippen LogP contribution in [0.3, 0.4) is 0 Å². The lowest BCUT2D eigenvalue weighted by Gasteiger charge is -2.24. The van der Waals surface area contributed by atoms with Crippen molar-refractivity contribution in [1.29, 1.82) is 0 Å². The molecule has 0 heterocycles. The molecule has 4 nitrogen and oxygen atoms in total. The first-order valence-electron chi connectivity index (χ1n) is 8.22. The molecule has 0 aromatic heterocycles. The first-order chi connectivity index (χ1) is 9.49. The molecule has 1 atom stereocenters. The highest BCUT2D eigenvalue weighted by Crippen LogP contribution is 2.17. The number of hydrogen-bond acceptors (Lipinski definition) is 3. The Morgan fingerprint density at radius 2 is 1.90 bits per heavy atom. The smallest absolute Gasteiger partial charge is 0.221 e. The molecule has 4 heteroatoms. The average Bonchev–Trinajstić information content (AvgIpc) is 2.43. The van der Waals surface area contributed by atoms with Gasteiger partial charge in [-0.2, -0.15) is 0 Å². The summed E-state index contributed by atoms with van der Waals surface area (Å²) in [6.45, 7) is 6.10. The van der Waals surface area contributed by atoms with Gasteiger partial charge in [0.15, 0.2) is 0 Å². The van der Waals surface area contributed by atoms with Gasteiger partial charge < -0.3 is 16.0 Å². The zero-order valence-electron chi connectivity index (χ0n) is 13.5. The van der Waals surface area contributed by atoms with Crippen LogP contribution in [0.4, 0.5) is 0 Å². The van der Waals surface area contributed by atoms with E-state index in [1.807, 2.05) is 0 Å². The van der Waals surface area contributed by atoms with Crippen LogP contribution < -0.4 is 11.1 Å². The molecule has 0 aromatic carbocycles. The van der Waals surface area contributed by atoms with Crippen LogP contribution in [0.1, 0.15) is 58.8 Å². The Balaban J connectivity index is 2.10. The number of nitrogens with one attached hydrogen (secondary N) is 1. The van der Waals surface area contributed by atoms with Gasteiger partial charge in [-0.05, 0) is 38.8 Å². The van der Waals surface area contributed by atoms with Gasteiger partial charge in [-0.25, -0.2) is 0 Å². The summed E-state index contributed by atoms with van der Waals surface area (Å²) in [6, 6.07) is 0.685. The van der Waals surface area contributed by atoms with Crippen LogP contribution in [0.2, 0.25) is 0 Å². The van der Waals surface area contributed by atoms with Crippen molar-refractivity contribution in [3.8, 4) is 0 Å². The van der Waals surface area contributed by atoms with Crippen molar-refractivity contribution < 1.29 is 4.79 Å². The molecular weight excluding hydrogens is 250 g/mol. The highest BCUT2D eigenvalue weighted by molar-refractivity contribution is 5.76. The number of hydrogen-bond donors (Lipinski definition) is 2. The molecule has 0 bridgehead atoms. The average molecular weight is 283 g/mol. The van der Waals surface area contributed by atoms with Crippen molar-refractivity contribution >= 4 is 5.91 Å². The standard InChI is InChI=1S/C16H33N3O/c1-13(2)15(17)9-11-19(3)12-10-16(20)18-14-7-5-4-6-8-14/h13-15H,4-12,17H2,1-3H3,(H,18,20). The second kappa shape index (κ2) is 9.35. The van der Waals surface area contributed by atoms with Crippen molar-refractivity contribution in [2.24, 2.45) is 11.7 Å². The zero-order valence-corrected chi connectivity index (χ0v) is 13.5. The molecule has 1 saturated carbocycles. The maximum absolute atomic E-state index is 11.9. The quantitative estimate of drug-likeness (QED) is 0.717. The summed E-state index contributed by atoms with van der Waals surface area (Å²) in [4.78, 5) is 14.1. The molecule has 0 aromatic rings. The minimum Gasteiger partial charge on any atom is -0.353 e. The maximum atomic E-state index is 11.9. The number of nitrogens with zero attached hydrogens (tertiary/aromatic N) is 1. The third-order valence-corrected chi connectivity index (χ3v) is 4.39. The molecule has 0 aliphatic heterocycles. The number of carbonyl (C=O) groups is 1. The molecule has 0 saturated heterocycles. The summed E-state index contributed by atoms with van der Waals surface area (Å²) >= 11 is 0. The van der Waals surface area contributed by atoms with E-state index in [-0.39, 0.29) is 11.9 Å². The molecule has 1 fully saturated rings. The molecule has 20 heavy (non-hydrogen) atoms. The largest absolute Gasteiger partial charge is 0.353 e. The molecule has 0 radical (unpaired) electrons. The van der Waals surface area contributed by atoms with E-state index >= 15 is 0 Å². The normalized spacial score (nSPS) is 18.5. The Bertz CT molecular complexity index is 275. The van der Waals surface area contributed by atoms with E-state index < -0.39 is 0 Å². The van der Waals surface area contributed by atoms with Gasteiger partial charge in [-0.15, -0.1) is 0 Å². The lowest BCUT2D eigenvalue weighted by molar-refractivity contribution is -0.122. The Morgan fingerprint density at radius 1 is 1.25 bits per heavy atom. The third kappa shape index (κ3) is 7.25. The summed E-state index contributed by atoms with van der Waals surface area (Å²) in [5.74, 6) is 0.731. The predicted octanol–water partition coefficient (Wildman–Crippen LogP) is 2.13. The van der Waals surface area contributed by atoms with Crippen LogP contribution in [0.5, 0.6) is 0 Å². The lowest BCUT2D eigenvalue weighted by atomic mass is 9.95. The Kier molecular flexibility index (Phi) is 8.15. The van der Waals surface area contributed by atoms with Gasteiger partial charge in [0.05, 0.1) is 0 Å². The van der Waals surface area contributed by atoms with Crippen molar-refractivity contribution in [2.75, 3.05) is 20.1 Å². The second-order valence-electron chi connectivity index (χ2n) is 6.65. The second-order valence-corrected chi connectivity index (χ2v) is 6.65. The number of nitrogens with two attached hydrogens (primary N) is 1. The van der Waals surface area contributed by atoms with Crippen LogP contribution >= 0.6 is 0 Å². The van der Waals surface area contributed by atoms with Gasteiger partial charge in [-0.3, -0.25) is 4.79 Å². The van der Waals surface area contributed by atoms with Crippen LogP contribution in [-0.2, 0) is 4.79 Å². The topological polar surface area (TPSA) is 58.4 Å². The molecule has 118 valence electrons. The van der Waals surface area contributed by atoms with Gasteiger partial charge in [-0.1, -0.05) is 33.1 Å². The predicted molar refractivity (Wildman–Crippen MR) is 84.6 cm³/mol. The molecule has 1 rings (SSSR count). The highest BCUT2D eigenvalue weighted by Gasteiger charge is 2.16. The summed E-state index contributed by atoms with van der Waals surface area (Å²) in [6.07, 6.45) is 7.76. The van der Waals surface area contributed by atoms with Crippen molar-refractivity contribution in [3.63, 3.8) is 0 Å². The Hall–Kier alpha value is -0.610. The van der Waals surface area contributed by atoms with E-state index in [0.29, 0.717) is 18.4 Å². The monoisotopic (exact) mass is 283 g/mol. The lowest BCUT2D eigenvalue weighted by Crippen LogP contribution is -2.38. The van der Waals surface area contributed by atoms with E-state index in [9.17, 15) is 4.79 Å². The van der Waals surface area contributed by atoms with Gasteiger partial charge in [0, 0.05) is 25.0 Å². The van der Waals surface area contributed by atoms with Gasteiger partial charge in [0.2, 0.25) is 5.91 Å². The van der Waals surface area contributed by atoms with Gasteiger partial charge in [0.25, 0.3) is 0 Å². The van der Waals surface area contributed by atoms with E-state index in [1.54, 1.807) is 0 Å². The van der Waals surface area contributed by atoms with Crippen molar-refractivity contribution in [2.45, 2.75) is 70.9 Å². The van der Waals surface area contributed by atoms with Crippen LogP contribution in [0.25, 0.3) is 0 Å². The third-order valence-electron chi connectivity index (χ3n) is 4.39. The minimum atomic E-state index is 0.205. The van der Waals surface area contributed by atoms with Crippen molar-refractivity contribution in [3.05, 3.63) is 0 Å². The molecule has 1 aliphatic rings. The Morgan fingerprint density at radius 3 is 2.50 bits per heavy atom. The SMILES string of the molecule is CC(C)C(N)CCN(C)CCC(=O)NC1CCCCC1. The summed E-state index contributed by atoms with van der Waals surface area (Å²) in [7, 11) is 2.07. The zero-order chi connectivity index (χ0) is 15.0. The minimum absolute atomic E-state index is 0.205. The molecule has 3 N–H and O–H groups in total. The Labute approximate surface area is 124 Å².